The Morgan fingerprint density at radius 1 is 0.356 bits per heavy atom. The summed E-state index contributed by atoms with van der Waals surface area (Å²) < 4.78 is 60.0. The van der Waals surface area contributed by atoms with E-state index in [-0.39, 0.29) is 46.1 Å². The summed E-state index contributed by atoms with van der Waals surface area (Å²) in [6, 6.07) is 43.2. The Labute approximate surface area is 270 Å². The van der Waals surface area contributed by atoms with E-state index in [4.69, 9.17) is 9.90 Å². The minimum Gasteiger partial charge on any atom is -0.456 e. The summed E-state index contributed by atoms with van der Waals surface area (Å²) in [4.78, 5) is 0. The van der Waals surface area contributed by atoms with E-state index in [1.807, 2.05) is 72.8 Å². The topological polar surface area (TPSA) is 13.1 Å². The maximum absolute atomic E-state index is 9.97. The van der Waals surface area contributed by atoms with Gasteiger partial charge in [0, 0.05) is 10.8 Å². The van der Waals surface area contributed by atoms with Crippen LogP contribution < -0.4 is 0 Å². The highest BCUT2D eigenvalue weighted by atomic mass is 16.3. The third-order valence-corrected chi connectivity index (χ3v) is 8.60. The molecule has 9 rings (SSSR count). The Balaban J connectivity index is 1.50. The second-order valence-electron chi connectivity index (χ2n) is 11.1. The van der Waals surface area contributed by atoms with E-state index in [9.17, 15) is 2.74 Å². The second kappa shape index (κ2) is 10.4. The first kappa shape index (κ1) is 20.1. The standard InChI is InChI=1S/C44H28O/c1-3-15-29(16-4-1)31-19-7-8-21-33(31)43-34-22-9-11-24-36(34)44(37-25-12-10-23-35(37)43)40-27-39-32-20-13-14-26-41(32)45-42(39)28-38(40)30-17-5-2-6-18-30/h1-28H/i13D,14D,20D,26D,27D,28D. The molecule has 8 aromatic carbocycles. The van der Waals surface area contributed by atoms with E-state index >= 15 is 0 Å². The predicted octanol–water partition coefficient (Wildman–Crippen LogP) is 12.6. The maximum Gasteiger partial charge on any atom is 0.136 e. The Morgan fingerprint density at radius 2 is 0.844 bits per heavy atom. The van der Waals surface area contributed by atoms with Crippen LogP contribution in [-0.2, 0) is 0 Å². The summed E-state index contributed by atoms with van der Waals surface area (Å²) in [6.07, 6.45) is 0. The zero-order valence-electron chi connectivity index (χ0n) is 30.1. The normalized spacial score (nSPS) is 13.4. The minimum absolute atomic E-state index is 0.0157. The van der Waals surface area contributed by atoms with Crippen molar-refractivity contribution in [3.8, 4) is 44.5 Å². The van der Waals surface area contributed by atoms with E-state index in [1.54, 1.807) is 0 Å². The first-order valence-electron chi connectivity index (χ1n) is 18.0. The molecule has 0 aliphatic carbocycles. The molecule has 0 spiro atoms. The number of benzene rings is 8. The van der Waals surface area contributed by atoms with Crippen LogP contribution in [0.5, 0.6) is 0 Å². The second-order valence-corrected chi connectivity index (χ2v) is 11.1. The van der Waals surface area contributed by atoms with Crippen molar-refractivity contribution in [2.75, 3.05) is 0 Å². The van der Waals surface area contributed by atoms with E-state index < -0.39 is 12.1 Å². The monoisotopic (exact) mass is 578 g/mol. The zero-order chi connectivity index (χ0) is 35.0. The fourth-order valence-corrected chi connectivity index (χ4v) is 6.66. The average molecular weight is 579 g/mol. The Bertz CT molecular complexity index is 2800. The highest BCUT2D eigenvalue weighted by Crippen LogP contribution is 2.49. The molecule has 0 unspecified atom stereocenters. The molecule has 0 amide bonds. The van der Waals surface area contributed by atoms with E-state index in [0.29, 0.717) is 11.1 Å². The van der Waals surface area contributed by atoms with Crippen LogP contribution >= 0.6 is 0 Å². The number of para-hydroxylation sites is 1. The molecule has 9 aromatic rings. The van der Waals surface area contributed by atoms with Crippen LogP contribution in [-0.4, -0.2) is 0 Å². The Hall–Kier alpha value is -5.92. The number of rotatable bonds is 4. The van der Waals surface area contributed by atoms with Gasteiger partial charge in [0.05, 0.1) is 8.22 Å². The number of furan rings is 1. The fourth-order valence-electron chi connectivity index (χ4n) is 6.66. The van der Waals surface area contributed by atoms with Crippen LogP contribution in [0.1, 0.15) is 8.22 Å². The van der Waals surface area contributed by atoms with Gasteiger partial charge in [0.1, 0.15) is 11.2 Å². The third-order valence-electron chi connectivity index (χ3n) is 8.60. The molecule has 0 N–H and O–H groups in total. The fraction of sp³-hybridized carbons (Fsp3) is 0. The molecule has 0 radical (unpaired) electrons. The van der Waals surface area contributed by atoms with Crippen molar-refractivity contribution in [3.05, 3.63) is 170 Å². The van der Waals surface area contributed by atoms with Gasteiger partial charge in [-0.2, -0.15) is 0 Å². The van der Waals surface area contributed by atoms with Gasteiger partial charge < -0.3 is 4.42 Å². The average Bonchev–Trinajstić information content (AvgIpc) is 3.59. The quantitative estimate of drug-likeness (QED) is 0.189. The maximum atomic E-state index is 9.97. The summed E-state index contributed by atoms with van der Waals surface area (Å²) in [5.41, 5.74) is 6.84. The Morgan fingerprint density at radius 3 is 1.47 bits per heavy atom. The van der Waals surface area contributed by atoms with Gasteiger partial charge in [0.15, 0.2) is 0 Å². The van der Waals surface area contributed by atoms with Gasteiger partial charge >= 0.3 is 0 Å². The molecule has 1 heteroatoms. The molecule has 45 heavy (non-hydrogen) atoms. The molecular formula is C44H28O. The van der Waals surface area contributed by atoms with Crippen LogP contribution in [0.25, 0.3) is 88.0 Å². The molecule has 1 aromatic heterocycles. The number of hydrogen-bond donors (Lipinski definition) is 0. The predicted molar refractivity (Wildman–Crippen MR) is 190 cm³/mol. The molecular weight excluding hydrogens is 544 g/mol. The van der Waals surface area contributed by atoms with Gasteiger partial charge in [-0.1, -0.05) is 152 Å². The first-order valence-corrected chi connectivity index (χ1v) is 15.0. The number of fused-ring (bicyclic) bond motifs is 5. The zero-order valence-corrected chi connectivity index (χ0v) is 24.1. The van der Waals surface area contributed by atoms with Crippen molar-refractivity contribution in [2.24, 2.45) is 0 Å². The highest BCUT2D eigenvalue weighted by Gasteiger charge is 2.22. The van der Waals surface area contributed by atoms with Crippen molar-refractivity contribution in [3.63, 3.8) is 0 Å². The molecule has 0 aliphatic rings. The summed E-state index contributed by atoms with van der Waals surface area (Å²) in [7, 11) is 0. The summed E-state index contributed by atoms with van der Waals surface area (Å²) in [5, 5.41) is 4.07. The van der Waals surface area contributed by atoms with Gasteiger partial charge in [-0.3, -0.25) is 0 Å². The molecule has 0 aliphatic heterocycles. The van der Waals surface area contributed by atoms with Gasteiger partial charge in [-0.05, 0) is 84.2 Å². The smallest absolute Gasteiger partial charge is 0.136 e. The molecule has 1 heterocycles. The lowest BCUT2D eigenvalue weighted by Gasteiger charge is -2.21. The lowest BCUT2D eigenvalue weighted by atomic mass is 9.82. The minimum atomic E-state index is -0.420. The van der Waals surface area contributed by atoms with Crippen LogP contribution in [0.3, 0.4) is 0 Å². The molecule has 0 atom stereocenters. The van der Waals surface area contributed by atoms with Gasteiger partial charge in [0.25, 0.3) is 0 Å². The molecule has 0 saturated heterocycles. The van der Waals surface area contributed by atoms with Crippen molar-refractivity contribution in [1.82, 2.24) is 0 Å². The van der Waals surface area contributed by atoms with Crippen LogP contribution in [0.15, 0.2) is 174 Å². The Kier molecular flexibility index (Phi) is 4.63. The summed E-state index contributed by atoms with van der Waals surface area (Å²) in [6.45, 7) is 0. The molecule has 1 nitrogen and oxygen atoms in total. The molecule has 0 saturated carbocycles. The van der Waals surface area contributed by atoms with Crippen LogP contribution in [0.4, 0.5) is 0 Å². The SMILES string of the molecule is [2H]c1c([2H])c([2H])c2c(oc3c([2H])c(-c4ccccc4)c(-c4c5ccccc5c(-c5ccccc5-c5ccccc5)c5ccccc45)c([2H])c32)c1[2H]. The highest BCUT2D eigenvalue weighted by molar-refractivity contribution is 6.24. The van der Waals surface area contributed by atoms with Gasteiger partial charge in [-0.15, -0.1) is 0 Å². The van der Waals surface area contributed by atoms with Gasteiger partial charge in [0.2, 0.25) is 0 Å². The lowest BCUT2D eigenvalue weighted by Crippen LogP contribution is -1.94. The lowest BCUT2D eigenvalue weighted by molar-refractivity contribution is 0.669. The van der Waals surface area contributed by atoms with E-state index in [1.165, 1.54) is 0 Å². The van der Waals surface area contributed by atoms with Crippen molar-refractivity contribution >= 4 is 43.5 Å². The third kappa shape index (κ3) is 4.09. The van der Waals surface area contributed by atoms with Crippen molar-refractivity contribution < 1.29 is 12.6 Å². The molecule has 0 fully saturated rings. The molecule has 210 valence electrons. The van der Waals surface area contributed by atoms with Crippen LogP contribution in [0.2, 0.25) is 0 Å². The van der Waals surface area contributed by atoms with E-state index in [0.717, 1.165) is 54.9 Å². The van der Waals surface area contributed by atoms with Crippen LogP contribution in [0, 0.1) is 0 Å². The molecule has 0 bridgehead atoms. The largest absolute Gasteiger partial charge is 0.456 e. The number of hydrogen-bond acceptors (Lipinski definition) is 1. The van der Waals surface area contributed by atoms with Gasteiger partial charge in [-0.25, -0.2) is 0 Å². The first-order chi connectivity index (χ1) is 24.9. The summed E-state index contributed by atoms with van der Waals surface area (Å²) in [5.74, 6) is 0. The van der Waals surface area contributed by atoms with E-state index in [2.05, 4.69) is 60.7 Å². The van der Waals surface area contributed by atoms with Crippen molar-refractivity contribution in [2.45, 2.75) is 0 Å². The summed E-state index contributed by atoms with van der Waals surface area (Å²) >= 11 is 0. The van der Waals surface area contributed by atoms with Crippen molar-refractivity contribution in [1.29, 1.82) is 0 Å².